The molecule has 0 unspecified atom stereocenters. The van der Waals surface area contributed by atoms with Crippen molar-refractivity contribution < 1.29 is 9.90 Å². The molecule has 3 aliphatic rings. The SMILES string of the molecule is O=C(C1CC1)N1CC[C@@H]2C[C@]2(O)C1. The number of β-amino-alcohol motifs (C(OH)–C–C–N with tert-alkyl or cyclic N) is 1. The lowest BCUT2D eigenvalue weighted by Crippen LogP contribution is -2.44. The van der Waals surface area contributed by atoms with E-state index in [4.69, 9.17) is 0 Å². The number of carbonyl (C=O) groups excluding carboxylic acids is 1. The predicted octanol–water partition coefficient (Wildman–Crippen LogP) is 0.380. The normalized spacial score (nSPS) is 42.8. The van der Waals surface area contributed by atoms with Crippen molar-refractivity contribution in [3.05, 3.63) is 0 Å². The van der Waals surface area contributed by atoms with Gasteiger partial charge in [0.05, 0.1) is 5.60 Å². The first-order valence-electron chi connectivity index (χ1n) is 5.20. The molecule has 0 aromatic rings. The van der Waals surface area contributed by atoms with Gasteiger partial charge in [-0.15, -0.1) is 0 Å². The van der Waals surface area contributed by atoms with Crippen LogP contribution in [0.25, 0.3) is 0 Å². The van der Waals surface area contributed by atoms with Crippen molar-refractivity contribution in [2.75, 3.05) is 13.1 Å². The van der Waals surface area contributed by atoms with Gasteiger partial charge in [-0.05, 0) is 31.6 Å². The molecule has 0 aromatic carbocycles. The summed E-state index contributed by atoms with van der Waals surface area (Å²) in [6, 6.07) is 0. The summed E-state index contributed by atoms with van der Waals surface area (Å²) in [6.07, 6.45) is 4.06. The Balaban J connectivity index is 1.68. The summed E-state index contributed by atoms with van der Waals surface area (Å²) in [5.41, 5.74) is -0.483. The second-order valence-corrected chi connectivity index (χ2v) is 4.83. The minimum absolute atomic E-state index is 0.291. The number of likely N-dealkylation sites (tertiary alicyclic amines) is 1. The highest BCUT2D eigenvalue weighted by Crippen LogP contribution is 2.49. The molecule has 0 radical (unpaired) electrons. The number of aliphatic hydroxyl groups is 1. The van der Waals surface area contributed by atoms with Crippen LogP contribution in [0.1, 0.15) is 25.7 Å². The summed E-state index contributed by atoms with van der Waals surface area (Å²) in [7, 11) is 0. The predicted molar refractivity (Wildman–Crippen MR) is 47.0 cm³/mol. The average molecular weight is 181 g/mol. The third kappa shape index (κ3) is 1.17. The van der Waals surface area contributed by atoms with Crippen molar-refractivity contribution in [3.8, 4) is 0 Å². The Kier molecular flexibility index (Phi) is 1.36. The van der Waals surface area contributed by atoms with Crippen molar-refractivity contribution >= 4 is 5.91 Å². The molecule has 0 bridgehead atoms. The van der Waals surface area contributed by atoms with Gasteiger partial charge in [-0.1, -0.05) is 0 Å². The Morgan fingerprint density at radius 2 is 2.15 bits per heavy atom. The van der Waals surface area contributed by atoms with Crippen LogP contribution in [0.4, 0.5) is 0 Å². The molecule has 3 rings (SSSR count). The first-order valence-corrected chi connectivity index (χ1v) is 5.20. The van der Waals surface area contributed by atoms with Gasteiger partial charge in [0, 0.05) is 19.0 Å². The number of fused-ring (bicyclic) bond motifs is 1. The fourth-order valence-electron chi connectivity index (χ4n) is 2.43. The highest BCUT2D eigenvalue weighted by molar-refractivity contribution is 5.81. The largest absolute Gasteiger partial charge is 0.388 e. The third-order valence-electron chi connectivity index (χ3n) is 3.65. The van der Waals surface area contributed by atoms with Gasteiger partial charge in [-0.25, -0.2) is 0 Å². The molecule has 3 nitrogen and oxygen atoms in total. The maximum absolute atomic E-state index is 11.7. The molecule has 13 heavy (non-hydrogen) atoms. The van der Waals surface area contributed by atoms with E-state index in [1.165, 1.54) is 0 Å². The van der Waals surface area contributed by atoms with Crippen molar-refractivity contribution in [1.82, 2.24) is 4.90 Å². The van der Waals surface area contributed by atoms with Gasteiger partial charge in [-0.2, -0.15) is 0 Å². The topological polar surface area (TPSA) is 40.5 Å². The van der Waals surface area contributed by atoms with Crippen molar-refractivity contribution in [2.45, 2.75) is 31.3 Å². The first kappa shape index (κ1) is 7.80. The number of carbonyl (C=O) groups is 1. The molecule has 1 amide bonds. The lowest BCUT2D eigenvalue weighted by atomic mass is 10.1. The monoisotopic (exact) mass is 181 g/mol. The maximum atomic E-state index is 11.7. The molecule has 72 valence electrons. The zero-order chi connectivity index (χ0) is 9.05. The molecule has 2 aliphatic carbocycles. The number of rotatable bonds is 1. The standard InChI is InChI=1S/C10H15NO2/c12-9(7-1-2-7)11-4-3-8-5-10(8,13)6-11/h7-8,13H,1-6H2/t8-,10+/m1/s1. The molecule has 0 spiro atoms. The van der Waals surface area contributed by atoms with Crippen LogP contribution in [0.15, 0.2) is 0 Å². The Morgan fingerprint density at radius 1 is 1.38 bits per heavy atom. The van der Waals surface area contributed by atoms with Crippen molar-refractivity contribution in [3.63, 3.8) is 0 Å². The van der Waals surface area contributed by atoms with Crippen LogP contribution in [0, 0.1) is 11.8 Å². The summed E-state index contributed by atoms with van der Waals surface area (Å²) >= 11 is 0. The minimum atomic E-state index is -0.483. The second kappa shape index (κ2) is 2.27. The van der Waals surface area contributed by atoms with E-state index in [-0.39, 0.29) is 0 Å². The lowest BCUT2D eigenvalue weighted by Gasteiger charge is -2.30. The van der Waals surface area contributed by atoms with Gasteiger partial charge < -0.3 is 10.0 Å². The average Bonchev–Trinajstić information content (AvgIpc) is 2.96. The Hall–Kier alpha value is -0.570. The molecule has 2 atom stereocenters. The summed E-state index contributed by atoms with van der Waals surface area (Å²) in [5.74, 6) is 1.09. The van der Waals surface area contributed by atoms with E-state index in [1.807, 2.05) is 4.90 Å². The van der Waals surface area contributed by atoms with Crippen molar-refractivity contribution in [1.29, 1.82) is 0 Å². The molecular formula is C10H15NO2. The first-order chi connectivity index (χ1) is 6.19. The van der Waals surface area contributed by atoms with E-state index < -0.39 is 5.60 Å². The molecule has 3 heteroatoms. The number of amides is 1. The Labute approximate surface area is 77.7 Å². The smallest absolute Gasteiger partial charge is 0.225 e. The van der Waals surface area contributed by atoms with E-state index in [0.717, 1.165) is 32.2 Å². The Bertz CT molecular complexity index is 262. The second-order valence-electron chi connectivity index (χ2n) is 4.83. The molecule has 1 aliphatic heterocycles. The van der Waals surface area contributed by atoms with E-state index in [1.54, 1.807) is 0 Å². The van der Waals surface area contributed by atoms with Crippen LogP contribution < -0.4 is 0 Å². The highest BCUT2D eigenvalue weighted by atomic mass is 16.3. The van der Waals surface area contributed by atoms with Crippen LogP contribution in [-0.2, 0) is 4.79 Å². The number of piperidine rings is 1. The van der Waals surface area contributed by atoms with Gasteiger partial charge in [0.2, 0.25) is 5.91 Å². The Morgan fingerprint density at radius 3 is 2.77 bits per heavy atom. The summed E-state index contributed by atoms with van der Waals surface area (Å²) in [4.78, 5) is 13.6. The zero-order valence-corrected chi connectivity index (χ0v) is 7.70. The highest BCUT2D eigenvalue weighted by Gasteiger charge is 2.57. The molecule has 1 N–H and O–H groups in total. The fraction of sp³-hybridized carbons (Fsp3) is 0.900. The third-order valence-corrected chi connectivity index (χ3v) is 3.65. The summed E-state index contributed by atoms with van der Waals surface area (Å²) in [5, 5.41) is 9.88. The summed E-state index contributed by atoms with van der Waals surface area (Å²) < 4.78 is 0. The van der Waals surface area contributed by atoms with E-state index >= 15 is 0 Å². The lowest BCUT2D eigenvalue weighted by molar-refractivity contribution is -0.136. The van der Waals surface area contributed by atoms with Crippen molar-refractivity contribution in [2.24, 2.45) is 11.8 Å². The quantitative estimate of drug-likeness (QED) is 0.635. The molecule has 2 saturated carbocycles. The van der Waals surface area contributed by atoms with E-state index in [2.05, 4.69) is 0 Å². The minimum Gasteiger partial charge on any atom is -0.388 e. The van der Waals surface area contributed by atoms with Crippen LogP contribution in [-0.4, -0.2) is 34.6 Å². The summed E-state index contributed by atoms with van der Waals surface area (Å²) in [6.45, 7) is 1.48. The number of nitrogens with zero attached hydrogens (tertiary/aromatic N) is 1. The zero-order valence-electron chi connectivity index (χ0n) is 7.70. The molecular weight excluding hydrogens is 166 g/mol. The van der Waals surface area contributed by atoms with Crippen LogP contribution in [0.2, 0.25) is 0 Å². The number of hydrogen-bond acceptors (Lipinski definition) is 2. The maximum Gasteiger partial charge on any atom is 0.225 e. The van der Waals surface area contributed by atoms with Crippen LogP contribution in [0.5, 0.6) is 0 Å². The molecule has 1 heterocycles. The van der Waals surface area contributed by atoms with Gasteiger partial charge >= 0.3 is 0 Å². The number of hydrogen-bond donors (Lipinski definition) is 1. The molecule has 1 saturated heterocycles. The molecule has 0 aromatic heterocycles. The van der Waals surface area contributed by atoms with Gasteiger partial charge in [-0.3, -0.25) is 4.79 Å². The van der Waals surface area contributed by atoms with Crippen LogP contribution in [0.3, 0.4) is 0 Å². The van der Waals surface area contributed by atoms with Gasteiger partial charge in [0.25, 0.3) is 0 Å². The van der Waals surface area contributed by atoms with Crippen LogP contribution >= 0.6 is 0 Å². The van der Waals surface area contributed by atoms with Gasteiger partial charge in [0.15, 0.2) is 0 Å². The van der Waals surface area contributed by atoms with E-state index in [0.29, 0.717) is 24.3 Å². The van der Waals surface area contributed by atoms with E-state index in [9.17, 15) is 9.90 Å². The fourth-order valence-corrected chi connectivity index (χ4v) is 2.43. The van der Waals surface area contributed by atoms with Gasteiger partial charge in [0.1, 0.15) is 0 Å². The molecule has 3 fully saturated rings.